The fourth-order valence-electron chi connectivity index (χ4n) is 3.61. The van der Waals surface area contributed by atoms with Crippen molar-refractivity contribution in [2.45, 2.75) is 32.6 Å². The molecule has 1 N–H and O–H groups in total. The fraction of sp³-hybridized carbons (Fsp3) is 0.304. The van der Waals surface area contributed by atoms with Gasteiger partial charge in [0.05, 0.1) is 11.4 Å². The second-order valence-corrected chi connectivity index (χ2v) is 8.65. The normalized spacial score (nSPS) is 16.7. The van der Waals surface area contributed by atoms with Gasteiger partial charge in [0.2, 0.25) is 5.91 Å². The monoisotopic (exact) mass is 419 g/mol. The highest BCUT2D eigenvalue weighted by atomic mass is 32.1. The van der Waals surface area contributed by atoms with Gasteiger partial charge >= 0.3 is 0 Å². The minimum absolute atomic E-state index is 0.0353. The van der Waals surface area contributed by atoms with Gasteiger partial charge in [-0.25, -0.2) is 9.97 Å². The molecule has 0 unspecified atom stereocenters. The van der Waals surface area contributed by atoms with Crippen LogP contribution in [0, 0.1) is 13.8 Å². The number of carbonyl (C=O) groups is 1. The third-order valence-electron chi connectivity index (χ3n) is 5.32. The van der Waals surface area contributed by atoms with Crippen molar-refractivity contribution < 1.29 is 4.79 Å². The molecule has 0 spiro atoms. The van der Waals surface area contributed by atoms with E-state index in [1.807, 2.05) is 48.2 Å². The third-order valence-corrected chi connectivity index (χ3v) is 6.31. The van der Waals surface area contributed by atoms with Gasteiger partial charge in [-0.3, -0.25) is 9.78 Å². The van der Waals surface area contributed by atoms with Gasteiger partial charge in [-0.2, -0.15) is 0 Å². The number of piperidine rings is 1. The molecule has 3 heterocycles. The molecule has 3 aromatic rings. The summed E-state index contributed by atoms with van der Waals surface area (Å²) in [7, 11) is 0. The molecule has 30 heavy (non-hydrogen) atoms. The summed E-state index contributed by atoms with van der Waals surface area (Å²) < 4.78 is 0. The summed E-state index contributed by atoms with van der Waals surface area (Å²) in [6.45, 7) is 5.47. The van der Waals surface area contributed by atoms with Gasteiger partial charge in [0.25, 0.3) is 0 Å². The molecular formula is C23H25N5OS. The standard InChI is InChI=1S/C23H25N5OS/c1-16-17(2)30-23(26-16)27-22-21(24-12-13-25-22)19-9-6-14-28(15-19)20(29)11-10-18-7-4-3-5-8-18/h3-5,7-8,10-13,19H,6,9,14-15H2,1-2H3,(H,25,26,27)/b11-10+/t19-/m1/s1. The van der Waals surface area contributed by atoms with Crippen LogP contribution in [0.1, 0.15) is 40.6 Å². The van der Waals surface area contributed by atoms with Gasteiger partial charge in [0, 0.05) is 42.4 Å². The summed E-state index contributed by atoms with van der Waals surface area (Å²) in [5, 5.41) is 4.16. The lowest BCUT2D eigenvalue weighted by Gasteiger charge is -2.32. The lowest BCUT2D eigenvalue weighted by molar-refractivity contribution is -0.127. The van der Waals surface area contributed by atoms with Crippen molar-refractivity contribution in [3.8, 4) is 0 Å². The van der Waals surface area contributed by atoms with E-state index in [2.05, 4.69) is 27.2 Å². The Labute approximate surface area is 180 Å². The topological polar surface area (TPSA) is 71.0 Å². The summed E-state index contributed by atoms with van der Waals surface area (Å²) in [6, 6.07) is 9.88. The Morgan fingerprint density at radius 2 is 2.00 bits per heavy atom. The van der Waals surface area contributed by atoms with E-state index in [1.165, 1.54) is 4.88 Å². The Balaban J connectivity index is 1.48. The highest BCUT2D eigenvalue weighted by Gasteiger charge is 2.27. The molecule has 1 aliphatic heterocycles. The number of benzene rings is 1. The van der Waals surface area contributed by atoms with Crippen molar-refractivity contribution in [1.82, 2.24) is 19.9 Å². The van der Waals surface area contributed by atoms with E-state index < -0.39 is 0 Å². The maximum absolute atomic E-state index is 12.7. The molecule has 154 valence electrons. The largest absolute Gasteiger partial charge is 0.338 e. The van der Waals surface area contributed by atoms with E-state index in [0.717, 1.165) is 47.3 Å². The quantitative estimate of drug-likeness (QED) is 0.606. The molecular weight excluding hydrogens is 394 g/mol. The molecule has 0 aliphatic carbocycles. The molecule has 4 rings (SSSR count). The number of hydrogen-bond acceptors (Lipinski definition) is 6. The molecule has 0 bridgehead atoms. The van der Waals surface area contributed by atoms with E-state index in [9.17, 15) is 4.79 Å². The molecule has 0 saturated carbocycles. The number of aryl methyl sites for hydroxylation is 2. The predicted octanol–water partition coefficient (Wildman–Crippen LogP) is 4.71. The summed E-state index contributed by atoms with van der Waals surface area (Å²) >= 11 is 1.61. The highest BCUT2D eigenvalue weighted by molar-refractivity contribution is 7.15. The number of nitrogens with zero attached hydrogens (tertiary/aromatic N) is 4. The lowest BCUT2D eigenvalue weighted by Crippen LogP contribution is -2.38. The molecule has 1 aromatic carbocycles. The maximum atomic E-state index is 12.7. The molecule has 1 atom stereocenters. The van der Waals surface area contributed by atoms with Crippen LogP contribution in [0.3, 0.4) is 0 Å². The van der Waals surface area contributed by atoms with Crippen molar-refractivity contribution in [2.24, 2.45) is 0 Å². The summed E-state index contributed by atoms with van der Waals surface area (Å²) in [6.07, 6.45) is 8.86. The molecule has 7 heteroatoms. The van der Waals surface area contributed by atoms with Gasteiger partial charge in [-0.05, 0) is 38.3 Å². The van der Waals surface area contributed by atoms with Crippen LogP contribution < -0.4 is 5.32 Å². The number of thiazole rings is 1. The lowest BCUT2D eigenvalue weighted by atomic mass is 9.94. The first-order valence-corrected chi connectivity index (χ1v) is 11.0. The smallest absolute Gasteiger partial charge is 0.246 e. The van der Waals surface area contributed by atoms with Crippen LogP contribution in [0.2, 0.25) is 0 Å². The van der Waals surface area contributed by atoms with E-state index in [-0.39, 0.29) is 11.8 Å². The van der Waals surface area contributed by atoms with Crippen LogP contribution in [-0.4, -0.2) is 38.8 Å². The van der Waals surface area contributed by atoms with Crippen molar-refractivity contribution >= 4 is 34.3 Å². The van der Waals surface area contributed by atoms with Crippen LogP contribution in [0.4, 0.5) is 10.9 Å². The number of likely N-dealkylation sites (tertiary alicyclic amines) is 1. The van der Waals surface area contributed by atoms with Crippen molar-refractivity contribution in [3.05, 3.63) is 70.6 Å². The van der Waals surface area contributed by atoms with Crippen LogP contribution in [-0.2, 0) is 4.79 Å². The Kier molecular flexibility index (Phi) is 6.18. The summed E-state index contributed by atoms with van der Waals surface area (Å²) in [5.41, 5.74) is 2.94. The van der Waals surface area contributed by atoms with Gasteiger partial charge in [0.15, 0.2) is 10.9 Å². The van der Waals surface area contributed by atoms with Crippen LogP contribution in [0.5, 0.6) is 0 Å². The first kappa shape index (κ1) is 20.2. The first-order chi connectivity index (χ1) is 14.6. The number of hydrogen-bond donors (Lipinski definition) is 1. The molecule has 1 fully saturated rings. The average molecular weight is 420 g/mol. The minimum Gasteiger partial charge on any atom is -0.338 e. The number of anilines is 2. The van der Waals surface area contributed by atoms with Gasteiger partial charge in [-0.15, -0.1) is 11.3 Å². The predicted molar refractivity (Wildman–Crippen MR) is 121 cm³/mol. The molecule has 1 amide bonds. The summed E-state index contributed by atoms with van der Waals surface area (Å²) in [4.78, 5) is 29.5. The molecule has 1 saturated heterocycles. The maximum Gasteiger partial charge on any atom is 0.246 e. The van der Waals surface area contributed by atoms with Crippen molar-refractivity contribution in [3.63, 3.8) is 0 Å². The molecule has 2 aromatic heterocycles. The van der Waals surface area contributed by atoms with Crippen molar-refractivity contribution in [2.75, 3.05) is 18.4 Å². The molecule has 6 nitrogen and oxygen atoms in total. The SMILES string of the molecule is Cc1nc(Nc2nccnc2[C@@H]2CCCN(C(=O)/C=C/c3ccccc3)C2)sc1C. The number of rotatable bonds is 5. The van der Waals surface area contributed by atoms with Crippen molar-refractivity contribution in [1.29, 1.82) is 0 Å². The second kappa shape index (κ2) is 9.17. The zero-order chi connectivity index (χ0) is 20.9. The Morgan fingerprint density at radius 1 is 1.20 bits per heavy atom. The Hall–Kier alpha value is -3.06. The zero-order valence-corrected chi connectivity index (χ0v) is 18.0. The third kappa shape index (κ3) is 4.74. The fourth-order valence-corrected chi connectivity index (χ4v) is 4.42. The van der Waals surface area contributed by atoms with Crippen LogP contribution in [0.15, 0.2) is 48.8 Å². The van der Waals surface area contributed by atoms with E-state index in [1.54, 1.807) is 29.8 Å². The number of aromatic nitrogens is 3. The van der Waals surface area contributed by atoms with E-state index >= 15 is 0 Å². The van der Waals surface area contributed by atoms with Gasteiger partial charge < -0.3 is 10.2 Å². The minimum atomic E-state index is 0.0353. The van der Waals surface area contributed by atoms with Crippen LogP contribution >= 0.6 is 11.3 Å². The number of carbonyl (C=O) groups excluding carboxylic acids is 1. The van der Waals surface area contributed by atoms with Gasteiger partial charge in [-0.1, -0.05) is 30.3 Å². The Morgan fingerprint density at radius 3 is 2.77 bits per heavy atom. The molecule has 1 aliphatic rings. The highest BCUT2D eigenvalue weighted by Crippen LogP contribution is 2.32. The van der Waals surface area contributed by atoms with Crippen LogP contribution in [0.25, 0.3) is 6.08 Å². The number of amides is 1. The van der Waals surface area contributed by atoms with Gasteiger partial charge in [0.1, 0.15) is 0 Å². The molecule has 0 radical (unpaired) electrons. The first-order valence-electron chi connectivity index (χ1n) is 10.1. The summed E-state index contributed by atoms with van der Waals surface area (Å²) in [5.74, 6) is 0.907. The number of nitrogens with one attached hydrogen (secondary N) is 1. The zero-order valence-electron chi connectivity index (χ0n) is 17.2. The average Bonchev–Trinajstić information content (AvgIpc) is 3.10. The second-order valence-electron chi connectivity index (χ2n) is 7.44. The Bertz CT molecular complexity index is 1030. The van der Waals surface area contributed by atoms with E-state index in [0.29, 0.717) is 6.54 Å². The van der Waals surface area contributed by atoms with E-state index in [4.69, 9.17) is 0 Å².